The Morgan fingerprint density at radius 2 is 1.88 bits per heavy atom. The van der Waals surface area contributed by atoms with Gasteiger partial charge in [-0.15, -0.1) is 11.3 Å². The van der Waals surface area contributed by atoms with Crippen molar-refractivity contribution in [1.29, 1.82) is 0 Å². The second kappa shape index (κ2) is 7.00. The maximum absolute atomic E-state index is 12.9. The Morgan fingerprint density at radius 1 is 1.24 bits per heavy atom. The number of anilines is 1. The number of carboxylic acid groups (broad SMARTS) is 1. The second-order valence-electron chi connectivity index (χ2n) is 6.49. The molecule has 6 nitrogen and oxygen atoms in total. The van der Waals surface area contributed by atoms with Gasteiger partial charge in [0.1, 0.15) is 5.00 Å². The van der Waals surface area contributed by atoms with E-state index in [-0.39, 0.29) is 24.3 Å². The first-order valence-corrected chi connectivity index (χ1v) is 9.23. The number of aliphatic carboxylic acids is 1. The van der Waals surface area contributed by atoms with Gasteiger partial charge in [-0.2, -0.15) is 0 Å². The molecule has 134 valence electrons. The summed E-state index contributed by atoms with van der Waals surface area (Å²) < 4.78 is 5.03. The Kier molecular flexibility index (Phi) is 4.94. The van der Waals surface area contributed by atoms with Gasteiger partial charge in [0.05, 0.1) is 24.0 Å². The highest BCUT2D eigenvalue weighted by Crippen LogP contribution is 2.45. The zero-order valence-electron chi connectivity index (χ0n) is 14.2. The van der Waals surface area contributed by atoms with Crippen LogP contribution in [0.15, 0.2) is 18.2 Å². The first-order valence-electron chi connectivity index (χ1n) is 8.42. The maximum Gasteiger partial charge on any atom is 0.341 e. The lowest BCUT2D eigenvalue weighted by Gasteiger charge is -2.41. The van der Waals surface area contributed by atoms with Crippen molar-refractivity contribution >= 4 is 34.2 Å². The van der Waals surface area contributed by atoms with E-state index in [1.165, 1.54) is 11.3 Å². The van der Waals surface area contributed by atoms with Crippen molar-refractivity contribution in [2.45, 2.75) is 26.7 Å². The van der Waals surface area contributed by atoms with Crippen molar-refractivity contribution in [3.05, 3.63) is 28.7 Å². The van der Waals surface area contributed by atoms with Crippen LogP contribution in [0.4, 0.5) is 5.00 Å². The number of hydrogen-bond acceptors (Lipinski definition) is 5. The SMILES string of the molecule is CCOC(=O)c1cc(C)sc1NC(=O)[C@H]1[C@@H](C(=O)O)[C@H]2C=C[C@@H]1CC2. The van der Waals surface area contributed by atoms with E-state index in [2.05, 4.69) is 5.32 Å². The van der Waals surface area contributed by atoms with Crippen LogP contribution in [0, 0.1) is 30.6 Å². The first kappa shape index (κ1) is 17.7. The number of rotatable bonds is 5. The van der Waals surface area contributed by atoms with Crippen LogP contribution < -0.4 is 5.32 Å². The molecule has 25 heavy (non-hydrogen) atoms. The molecule has 3 aliphatic rings. The molecule has 7 heteroatoms. The highest BCUT2D eigenvalue weighted by molar-refractivity contribution is 7.16. The molecule has 1 heterocycles. The highest BCUT2D eigenvalue weighted by Gasteiger charge is 2.48. The molecule has 1 saturated carbocycles. The van der Waals surface area contributed by atoms with E-state index in [1.54, 1.807) is 13.0 Å². The van der Waals surface area contributed by atoms with Gasteiger partial charge < -0.3 is 15.2 Å². The number of allylic oxidation sites excluding steroid dienone is 2. The van der Waals surface area contributed by atoms with Crippen LogP contribution in [0.3, 0.4) is 0 Å². The van der Waals surface area contributed by atoms with Crippen molar-refractivity contribution in [3.8, 4) is 0 Å². The van der Waals surface area contributed by atoms with Crippen LogP contribution in [0.5, 0.6) is 0 Å². The van der Waals surface area contributed by atoms with Gasteiger partial charge in [-0.25, -0.2) is 4.79 Å². The van der Waals surface area contributed by atoms with Crippen LogP contribution in [0.2, 0.25) is 0 Å². The maximum atomic E-state index is 12.9. The summed E-state index contributed by atoms with van der Waals surface area (Å²) in [4.78, 5) is 37.5. The van der Waals surface area contributed by atoms with Gasteiger partial charge in [-0.05, 0) is 44.6 Å². The number of carbonyl (C=O) groups excluding carboxylic acids is 2. The van der Waals surface area contributed by atoms with E-state index in [1.807, 2.05) is 19.1 Å². The fourth-order valence-corrected chi connectivity index (χ4v) is 4.75. The average molecular weight is 363 g/mol. The fourth-order valence-electron chi connectivity index (χ4n) is 3.85. The summed E-state index contributed by atoms with van der Waals surface area (Å²) in [5.74, 6) is -3.26. The van der Waals surface area contributed by atoms with Gasteiger partial charge in [0.2, 0.25) is 5.91 Å². The van der Waals surface area contributed by atoms with Gasteiger partial charge in [0, 0.05) is 4.88 Å². The molecule has 4 rings (SSSR count). The number of ether oxygens (including phenoxy) is 1. The lowest BCUT2D eigenvalue weighted by atomic mass is 9.62. The van der Waals surface area contributed by atoms with Gasteiger partial charge in [0.15, 0.2) is 0 Å². The number of nitrogens with one attached hydrogen (secondary N) is 1. The van der Waals surface area contributed by atoms with Gasteiger partial charge >= 0.3 is 11.9 Å². The van der Waals surface area contributed by atoms with E-state index in [0.717, 1.165) is 17.7 Å². The minimum atomic E-state index is -0.938. The minimum Gasteiger partial charge on any atom is -0.481 e. The third kappa shape index (κ3) is 3.33. The van der Waals surface area contributed by atoms with Gasteiger partial charge in [-0.1, -0.05) is 12.2 Å². The summed E-state index contributed by atoms with van der Waals surface area (Å²) in [6.07, 6.45) is 5.51. The van der Waals surface area contributed by atoms with Crippen LogP contribution >= 0.6 is 11.3 Å². The van der Waals surface area contributed by atoms with Gasteiger partial charge in [-0.3, -0.25) is 9.59 Å². The van der Waals surface area contributed by atoms with E-state index in [0.29, 0.717) is 10.6 Å². The third-order valence-electron chi connectivity index (χ3n) is 4.92. The summed E-state index contributed by atoms with van der Waals surface area (Å²) in [6, 6.07) is 1.68. The summed E-state index contributed by atoms with van der Waals surface area (Å²) >= 11 is 1.29. The Balaban J connectivity index is 1.84. The van der Waals surface area contributed by atoms with Crippen molar-refractivity contribution in [3.63, 3.8) is 0 Å². The largest absolute Gasteiger partial charge is 0.481 e. The number of thiophene rings is 1. The molecule has 0 aliphatic heterocycles. The molecular formula is C18H21NO5S. The zero-order valence-corrected chi connectivity index (χ0v) is 15.0. The minimum absolute atomic E-state index is 0.0711. The number of hydrogen-bond donors (Lipinski definition) is 2. The predicted molar refractivity (Wildman–Crippen MR) is 93.6 cm³/mol. The zero-order chi connectivity index (χ0) is 18.1. The topological polar surface area (TPSA) is 92.7 Å². The van der Waals surface area contributed by atoms with Crippen molar-refractivity contribution < 1.29 is 24.2 Å². The lowest BCUT2D eigenvalue weighted by Crippen LogP contribution is -2.47. The van der Waals surface area contributed by atoms with Crippen molar-refractivity contribution in [1.82, 2.24) is 0 Å². The van der Waals surface area contributed by atoms with E-state index < -0.39 is 23.8 Å². The number of carbonyl (C=O) groups is 3. The number of amides is 1. The molecular weight excluding hydrogens is 342 g/mol. The molecule has 1 fully saturated rings. The summed E-state index contributed by atoms with van der Waals surface area (Å²) in [5, 5.41) is 12.8. The molecule has 0 aromatic carbocycles. The summed E-state index contributed by atoms with van der Waals surface area (Å²) in [7, 11) is 0. The molecule has 3 aliphatic carbocycles. The Hall–Kier alpha value is -2.15. The predicted octanol–water partition coefficient (Wildman–Crippen LogP) is 3.08. The van der Waals surface area contributed by atoms with Crippen molar-refractivity contribution in [2.75, 3.05) is 11.9 Å². The lowest BCUT2D eigenvalue weighted by molar-refractivity contribution is -0.151. The Bertz CT molecular complexity index is 738. The molecule has 2 N–H and O–H groups in total. The number of esters is 1. The third-order valence-corrected chi connectivity index (χ3v) is 5.89. The summed E-state index contributed by atoms with van der Waals surface area (Å²) in [5.41, 5.74) is 0.320. The average Bonchev–Trinajstić information content (AvgIpc) is 2.95. The first-order chi connectivity index (χ1) is 11.9. The molecule has 4 atom stereocenters. The molecule has 0 radical (unpaired) electrons. The quantitative estimate of drug-likeness (QED) is 0.619. The normalized spacial score (nSPS) is 27.1. The highest BCUT2D eigenvalue weighted by atomic mass is 32.1. The van der Waals surface area contributed by atoms with E-state index in [9.17, 15) is 19.5 Å². The van der Waals surface area contributed by atoms with E-state index >= 15 is 0 Å². The second-order valence-corrected chi connectivity index (χ2v) is 7.75. The fraction of sp³-hybridized carbons (Fsp3) is 0.500. The van der Waals surface area contributed by atoms with Crippen LogP contribution in [-0.4, -0.2) is 29.6 Å². The molecule has 0 unspecified atom stereocenters. The summed E-state index contributed by atoms with van der Waals surface area (Å²) in [6.45, 7) is 3.81. The Morgan fingerprint density at radius 3 is 2.44 bits per heavy atom. The van der Waals surface area contributed by atoms with E-state index in [4.69, 9.17) is 4.74 Å². The molecule has 1 amide bonds. The smallest absolute Gasteiger partial charge is 0.341 e. The van der Waals surface area contributed by atoms with Crippen LogP contribution in [0.1, 0.15) is 35.0 Å². The number of aryl methyl sites for hydroxylation is 1. The molecule has 2 bridgehead atoms. The Labute approximate surface area is 149 Å². The molecule has 0 spiro atoms. The van der Waals surface area contributed by atoms with Crippen LogP contribution in [-0.2, 0) is 14.3 Å². The van der Waals surface area contributed by atoms with Gasteiger partial charge in [0.25, 0.3) is 0 Å². The molecule has 1 aromatic rings. The van der Waals surface area contributed by atoms with Crippen molar-refractivity contribution in [2.24, 2.45) is 23.7 Å². The monoisotopic (exact) mass is 363 g/mol. The molecule has 0 saturated heterocycles. The number of fused-ring (bicyclic) bond motifs is 2. The van der Waals surface area contributed by atoms with Crippen LogP contribution in [0.25, 0.3) is 0 Å². The molecule has 1 aromatic heterocycles. The number of carboxylic acids is 1. The standard InChI is InChI=1S/C18H21NO5S/c1-3-24-18(23)12-8-9(2)25-16(12)19-15(20)13-10-4-6-11(7-5-10)14(13)17(21)22/h4,6,8,10-11,13-14H,3,5,7H2,1-2H3,(H,19,20)(H,21,22)/t10-,11+,13-,14+/m1/s1.